The van der Waals surface area contributed by atoms with Gasteiger partial charge in [0.15, 0.2) is 0 Å². The van der Waals surface area contributed by atoms with Crippen LogP contribution in [0.1, 0.15) is 88.7 Å². The van der Waals surface area contributed by atoms with Crippen LogP contribution in [-0.2, 0) is 25.5 Å². The second-order valence-corrected chi connectivity index (χ2v) is 16.2. The number of nitrogens with zero attached hydrogens (tertiary/aromatic N) is 3. The quantitative estimate of drug-likeness (QED) is 0.0926. The van der Waals surface area contributed by atoms with Crippen LogP contribution in [0.5, 0.6) is 0 Å². The van der Waals surface area contributed by atoms with Crippen LogP contribution in [0.15, 0.2) is 78.5 Å². The SMILES string of the molecule is Cc1cc(C(=O)NCCOC(C)(C)C)ccc1-c1ccc(C[C@H](NC(=O)C2CCC(=CNC(=O)OC(C)(C)C)CC2)C(=O)Nc2ccc(-c3nn[nH]n3)cc2)cc1. The summed E-state index contributed by atoms with van der Waals surface area (Å²) in [6.45, 7) is 14.1. The molecule has 0 aliphatic heterocycles. The molecule has 1 aliphatic rings. The number of H-pyrrole nitrogens is 1. The highest BCUT2D eigenvalue weighted by Crippen LogP contribution is 2.29. The second-order valence-electron chi connectivity index (χ2n) is 16.2. The van der Waals surface area contributed by atoms with E-state index in [0.29, 0.717) is 55.9 Å². The van der Waals surface area contributed by atoms with Gasteiger partial charge in [-0.1, -0.05) is 35.9 Å². The molecule has 0 unspecified atom stereocenters. The standard InChI is InChI=1S/C43H54N8O6/c1-27-24-33(38(52)44-22-23-56-42(2,3)4)18-21-35(27)30-12-8-28(9-13-30)25-36(40(54)46-34-19-16-31(17-20-34)37-48-50-51-49-37)47-39(53)32-14-10-29(11-15-32)26-45-41(55)57-43(5,6)7/h8-9,12-13,16-21,24,26,32,36H,10-11,14-15,22-23,25H2,1-7H3,(H,44,52)(H,45,55)(H,46,54)(H,47,53)(H,48,49,50,51)/t32?,36-/m0/s1. The molecule has 1 fully saturated rings. The molecule has 5 rings (SSSR count). The molecule has 0 saturated heterocycles. The topological polar surface area (TPSA) is 189 Å². The van der Waals surface area contributed by atoms with E-state index in [4.69, 9.17) is 9.47 Å². The van der Waals surface area contributed by atoms with Crippen molar-refractivity contribution in [2.24, 2.45) is 5.92 Å². The third-order valence-electron chi connectivity index (χ3n) is 9.30. The highest BCUT2D eigenvalue weighted by molar-refractivity contribution is 5.98. The molecule has 14 nitrogen and oxygen atoms in total. The van der Waals surface area contributed by atoms with Gasteiger partial charge in [0.1, 0.15) is 11.6 Å². The fraction of sp³-hybridized carbons (Fsp3) is 0.419. The Bertz CT molecular complexity index is 2020. The Morgan fingerprint density at radius 3 is 2.19 bits per heavy atom. The van der Waals surface area contributed by atoms with Gasteiger partial charge >= 0.3 is 6.09 Å². The number of carbonyl (C=O) groups is 4. The Balaban J connectivity index is 1.24. The van der Waals surface area contributed by atoms with Crippen molar-refractivity contribution >= 4 is 29.5 Å². The molecule has 14 heteroatoms. The van der Waals surface area contributed by atoms with Crippen LogP contribution in [0.2, 0.25) is 0 Å². The molecule has 1 atom stereocenters. The lowest BCUT2D eigenvalue weighted by atomic mass is 9.85. The highest BCUT2D eigenvalue weighted by Gasteiger charge is 2.29. The summed E-state index contributed by atoms with van der Waals surface area (Å²) in [7, 11) is 0. The fourth-order valence-electron chi connectivity index (χ4n) is 6.39. The van der Waals surface area contributed by atoms with Crippen LogP contribution in [0, 0.1) is 12.8 Å². The number of hydrogen-bond donors (Lipinski definition) is 5. The van der Waals surface area contributed by atoms with Crippen molar-refractivity contribution in [1.82, 2.24) is 36.6 Å². The number of rotatable bonds is 13. The number of benzene rings is 3. The number of nitrogens with one attached hydrogen (secondary N) is 5. The summed E-state index contributed by atoms with van der Waals surface area (Å²) < 4.78 is 11.0. The maximum atomic E-state index is 13.8. The van der Waals surface area contributed by atoms with Crippen molar-refractivity contribution in [2.75, 3.05) is 18.5 Å². The highest BCUT2D eigenvalue weighted by atomic mass is 16.6. The molecule has 0 bridgehead atoms. The van der Waals surface area contributed by atoms with Gasteiger partial charge in [0.25, 0.3) is 5.91 Å². The van der Waals surface area contributed by atoms with Crippen molar-refractivity contribution in [3.05, 3.63) is 95.2 Å². The summed E-state index contributed by atoms with van der Waals surface area (Å²) in [5.41, 5.74) is 5.76. The largest absolute Gasteiger partial charge is 0.444 e. The molecule has 1 saturated carbocycles. The molecule has 0 radical (unpaired) electrons. The average molecular weight is 779 g/mol. The molecule has 1 aromatic heterocycles. The number of aryl methyl sites for hydroxylation is 1. The zero-order valence-electron chi connectivity index (χ0n) is 33.8. The number of anilines is 1. The van der Waals surface area contributed by atoms with E-state index in [0.717, 1.165) is 33.4 Å². The van der Waals surface area contributed by atoms with E-state index in [1.54, 1.807) is 51.2 Å². The van der Waals surface area contributed by atoms with E-state index in [2.05, 4.69) is 41.9 Å². The third kappa shape index (κ3) is 13.1. The zero-order valence-corrected chi connectivity index (χ0v) is 33.8. The van der Waals surface area contributed by atoms with Gasteiger partial charge < -0.3 is 25.4 Å². The molecule has 3 aromatic carbocycles. The van der Waals surface area contributed by atoms with Crippen LogP contribution in [0.3, 0.4) is 0 Å². The number of aromatic amines is 1. The summed E-state index contributed by atoms with van der Waals surface area (Å²) in [5, 5.41) is 25.6. The van der Waals surface area contributed by atoms with E-state index in [1.807, 2.05) is 70.2 Å². The summed E-state index contributed by atoms with van der Waals surface area (Å²) in [5.74, 6) is -0.568. The monoisotopic (exact) mass is 778 g/mol. The summed E-state index contributed by atoms with van der Waals surface area (Å²) in [6, 6.07) is 19.7. The van der Waals surface area contributed by atoms with Gasteiger partial charge in [-0.3, -0.25) is 19.7 Å². The summed E-state index contributed by atoms with van der Waals surface area (Å²) in [6.07, 6.45) is 3.84. The number of allylic oxidation sites excluding steroid dienone is 1. The van der Waals surface area contributed by atoms with E-state index >= 15 is 0 Å². The molecule has 4 amide bonds. The lowest BCUT2D eigenvalue weighted by molar-refractivity contribution is -0.129. The van der Waals surface area contributed by atoms with Gasteiger partial charge in [-0.15, -0.1) is 10.2 Å². The molecule has 302 valence electrons. The van der Waals surface area contributed by atoms with Gasteiger partial charge in [0.05, 0.1) is 12.2 Å². The molecule has 5 N–H and O–H groups in total. The first-order valence-electron chi connectivity index (χ1n) is 19.3. The van der Waals surface area contributed by atoms with Crippen molar-refractivity contribution in [3.63, 3.8) is 0 Å². The van der Waals surface area contributed by atoms with E-state index in [-0.39, 0.29) is 35.7 Å². The summed E-state index contributed by atoms with van der Waals surface area (Å²) >= 11 is 0. The number of aromatic nitrogens is 4. The second kappa shape index (κ2) is 18.8. The Kier molecular flexibility index (Phi) is 14.0. The fourth-order valence-corrected chi connectivity index (χ4v) is 6.39. The van der Waals surface area contributed by atoms with Crippen molar-refractivity contribution in [1.29, 1.82) is 0 Å². The summed E-state index contributed by atoms with van der Waals surface area (Å²) in [4.78, 5) is 52.4. The molecule has 1 aliphatic carbocycles. The Labute approximate surface area is 334 Å². The number of hydrogen-bond acceptors (Lipinski definition) is 9. The number of alkyl carbamates (subject to hydrolysis) is 1. The average Bonchev–Trinajstić information content (AvgIpc) is 3.70. The molecule has 4 aromatic rings. The Morgan fingerprint density at radius 2 is 1.58 bits per heavy atom. The Morgan fingerprint density at radius 1 is 0.895 bits per heavy atom. The lowest BCUT2D eigenvalue weighted by Crippen LogP contribution is -2.47. The van der Waals surface area contributed by atoms with Crippen molar-refractivity contribution in [2.45, 2.75) is 97.8 Å². The Hall–Kier alpha value is -5.89. The van der Waals surface area contributed by atoms with Gasteiger partial charge in [0, 0.05) is 41.9 Å². The molecule has 57 heavy (non-hydrogen) atoms. The van der Waals surface area contributed by atoms with E-state index < -0.39 is 17.7 Å². The van der Waals surface area contributed by atoms with E-state index in [9.17, 15) is 19.2 Å². The molecular weight excluding hydrogens is 725 g/mol. The first kappa shape index (κ1) is 42.3. The predicted octanol–water partition coefficient (Wildman–Crippen LogP) is 6.65. The molecule has 0 spiro atoms. The smallest absolute Gasteiger partial charge is 0.411 e. The van der Waals surface area contributed by atoms with E-state index in [1.165, 1.54) is 0 Å². The van der Waals surface area contributed by atoms with Crippen LogP contribution in [-0.4, -0.2) is 74.8 Å². The van der Waals surface area contributed by atoms with Crippen LogP contribution < -0.4 is 21.3 Å². The number of amides is 4. The third-order valence-corrected chi connectivity index (χ3v) is 9.30. The lowest BCUT2D eigenvalue weighted by Gasteiger charge is -2.26. The normalized spacial score (nSPS) is 14.9. The van der Waals surface area contributed by atoms with Gasteiger partial charge in [-0.2, -0.15) is 5.21 Å². The van der Waals surface area contributed by atoms with Gasteiger partial charge in [0.2, 0.25) is 17.6 Å². The van der Waals surface area contributed by atoms with Crippen LogP contribution in [0.25, 0.3) is 22.5 Å². The van der Waals surface area contributed by atoms with Gasteiger partial charge in [-0.25, -0.2) is 4.79 Å². The first-order chi connectivity index (χ1) is 27.0. The van der Waals surface area contributed by atoms with Crippen LogP contribution >= 0.6 is 0 Å². The van der Waals surface area contributed by atoms with Crippen LogP contribution in [0.4, 0.5) is 10.5 Å². The first-order valence-corrected chi connectivity index (χ1v) is 19.3. The maximum absolute atomic E-state index is 13.8. The minimum absolute atomic E-state index is 0.160. The van der Waals surface area contributed by atoms with Crippen molar-refractivity contribution in [3.8, 4) is 22.5 Å². The minimum atomic E-state index is -0.862. The zero-order chi connectivity index (χ0) is 41.2. The van der Waals surface area contributed by atoms with Gasteiger partial charge in [-0.05, 0) is 138 Å². The number of ether oxygens (including phenoxy) is 2. The molecular formula is C43H54N8O6. The predicted molar refractivity (Wildman–Crippen MR) is 218 cm³/mol. The number of tetrazole rings is 1. The molecule has 1 heterocycles. The minimum Gasteiger partial charge on any atom is -0.444 e. The van der Waals surface area contributed by atoms with Crippen molar-refractivity contribution < 1.29 is 28.7 Å². The maximum Gasteiger partial charge on any atom is 0.411 e. The number of carbonyl (C=O) groups excluding carboxylic acids is 4.